The summed E-state index contributed by atoms with van der Waals surface area (Å²) in [7, 11) is 1.83. The van der Waals surface area contributed by atoms with E-state index in [4.69, 9.17) is 0 Å². The first-order valence-electron chi connectivity index (χ1n) is 7.59. The number of rotatable bonds is 8. The van der Waals surface area contributed by atoms with Gasteiger partial charge in [-0.05, 0) is 30.4 Å². The average molecular weight is 435 g/mol. The van der Waals surface area contributed by atoms with Gasteiger partial charge in [-0.1, -0.05) is 44.2 Å². The lowest BCUT2D eigenvalue weighted by Gasteiger charge is -2.26. The number of nitrogens with zero attached hydrogens (tertiary/aromatic N) is 1. The molecule has 1 aromatic rings. The smallest absolute Gasteiger partial charge is 0.191 e. The molecule has 0 aliphatic rings. The molecule has 126 valence electrons. The zero-order valence-electron chi connectivity index (χ0n) is 14.2. The lowest BCUT2D eigenvalue weighted by molar-refractivity contribution is 0.508. The quantitative estimate of drug-likeness (QED) is 0.282. The van der Waals surface area contributed by atoms with E-state index in [1.165, 1.54) is 24.2 Å². The third kappa shape index (κ3) is 8.27. The van der Waals surface area contributed by atoms with E-state index < -0.39 is 0 Å². The third-order valence-corrected chi connectivity index (χ3v) is 4.24. The number of benzene rings is 1. The summed E-state index contributed by atoms with van der Waals surface area (Å²) in [4.78, 5) is 4.29. The number of hydrogen-bond donors (Lipinski definition) is 2. The van der Waals surface area contributed by atoms with E-state index in [-0.39, 0.29) is 29.4 Å². The van der Waals surface area contributed by atoms with Crippen molar-refractivity contribution in [3.05, 3.63) is 35.9 Å². The zero-order valence-corrected chi connectivity index (χ0v) is 17.3. The molecule has 0 bridgehead atoms. The van der Waals surface area contributed by atoms with Crippen LogP contribution in [-0.4, -0.2) is 38.1 Å². The van der Waals surface area contributed by atoms with Gasteiger partial charge >= 0.3 is 0 Å². The maximum absolute atomic E-state index is 4.29. The van der Waals surface area contributed by atoms with Gasteiger partial charge in [-0.15, -0.1) is 24.0 Å². The van der Waals surface area contributed by atoms with Crippen molar-refractivity contribution in [3.8, 4) is 0 Å². The Morgan fingerprint density at radius 1 is 1.14 bits per heavy atom. The molecular weight excluding hydrogens is 405 g/mol. The fraction of sp³-hybridized carbons (Fsp3) is 0.588. The van der Waals surface area contributed by atoms with Crippen LogP contribution in [0.1, 0.15) is 32.3 Å². The number of halogens is 1. The molecule has 0 aliphatic carbocycles. The van der Waals surface area contributed by atoms with Gasteiger partial charge in [-0.2, -0.15) is 11.8 Å². The van der Waals surface area contributed by atoms with E-state index in [2.05, 4.69) is 66.1 Å². The molecule has 2 N–H and O–H groups in total. The molecule has 1 aromatic carbocycles. The monoisotopic (exact) mass is 435 g/mol. The second-order valence-electron chi connectivity index (χ2n) is 5.80. The Kier molecular flexibility index (Phi) is 11.8. The summed E-state index contributed by atoms with van der Waals surface area (Å²) >= 11 is 1.90. The van der Waals surface area contributed by atoms with Gasteiger partial charge in [-0.3, -0.25) is 4.99 Å². The number of nitrogens with one attached hydrogen (secondary N) is 2. The lowest BCUT2D eigenvalue weighted by Crippen LogP contribution is -2.43. The molecule has 0 atom stereocenters. The van der Waals surface area contributed by atoms with Crippen LogP contribution in [0.3, 0.4) is 0 Å². The molecule has 0 saturated carbocycles. The summed E-state index contributed by atoms with van der Waals surface area (Å²) in [5.41, 5.74) is 1.42. The van der Waals surface area contributed by atoms with Gasteiger partial charge in [0, 0.05) is 25.6 Å². The number of guanidine groups is 1. The Labute approximate surface area is 157 Å². The second-order valence-corrected chi connectivity index (χ2v) is 6.79. The van der Waals surface area contributed by atoms with Gasteiger partial charge in [0.15, 0.2) is 5.96 Å². The largest absolute Gasteiger partial charge is 0.356 e. The molecule has 0 heterocycles. The molecule has 0 aliphatic heterocycles. The van der Waals surface area contributed by atoms with Crippen LogP contribution >= 0.6 is 35.7 Å². The lowest BCUT2D eigenvalue weighted by atomic mass is 9.85. The van der Waals surface area contributed by atoms with Gasteiger partial charge in [0.2, 0.25) is 0 Å². The highest BCUT2D eigenvalue weighted by atomic mass is 127. The topological polar surface area (TPSA) is 36.4 Å². The molecule has 0 fully saturated rings. The Bertz CT molecular complexity index is 421. The van der Waals surface area contributed by atoms with Crippen molar-refractivity contribution in [3.63, 3.8) is 0 Å². The minimum Gasteiger partial charge on any atom is -0.356 e. The van der Waals surface area contributed by atoms with E-state index >= 15 is 0 Å². The highest BCUT2D eigenvalue weighted by Crippen LogP contribution is 2.21. The van der Waals surface area contributed by atoms with Crippen molar-refractivity contribution < 1.29 is 0 Å². The van der Waals surface area contributed by atoms with Crippen molar-refractivity contribution in [2.45, 2.75) is 32.1 Å². The minimum atomic E-state index is 0. The Morgan fingerprint density at radius 2 is 1.82 bits per heavy atom. The number of hydrogen-bond acceptors (Lipinski definition) is 2. The standard InChI is InChI=1S/C17H29N3S.HI/c1-17(2,15-10-6-5-7-11-15)14-20-16(18-3)19-12-8-9-13-21-4;/h5-7,10-11H,8-9,12-14H2,1-4H3,(H2,18,19,20);1H. The van der Waals surface area contributed by atoms with Crippen molar-refractivity contribution in [2.75, 3.05) is 32.1 Å². The average Bonchev–Trinajstić information content (AvgIpc) is 2.51. The first-order chi connectivity index (χ1) is 10.1. The van der Waals surface area contributed by atoms with Crippen LogP contribution in [0.25, 0.3) is 0 Å². The summed E-state index contributed by atoms with van der Waals surface area (Å²) in [5.74, 6) is 2.12. The summed E-state index contributed by atoms with van der Waals surface area (Å²) in [6.45, 7) is 6.34. The Morgan fingerprint density at radius 3 is 2.41 bits per heavy atom. The highest BCUT2D eigenvalue weighted by Gasteiger charge is 2.20. The minimum absolute atomic E-state index is 0. The molecule has 0 spiro atoms. The van der Waals surface area contributed by atoms with Crippen molar-refractivity contribution in [2.24, 2.45) is 4.99 Å². The third-order valence-electron chi connectivity index (χ3n) is 3.54. The summed E-state index contributed by atoms with van der Waals surface area (Å²) in [5, 5.41) is 6.81. The zero-order chi connectivity index (χ0) is 15.6. The van der Waals surface area contributed by atoms with Crippen LogP contribution in [0.2, 0.25) is 0 Å². The molecule has 0 radical (unpaired) electrons. The normalized spacial score (nSPS) is 11.7. The van der Waals surface area contributed by atoms with E-state index in [1.54, 1.807) is 0 Å². The van der Waals surface area contributed by atoms with Gasteiger partial charge < -0.3 is 10.6 Å². The fourth-order valence-electron chi connectivity index (χ4n) is 2.09. The molecule has 0 unspecified atom stereocenters. The van der Waals surface area contributed by atoms with Gasteiger partial charge in [-0.25, -0.2) is 0 Å². The molecule has 0 amide bonds. The van der Waals surface area contributed by atoms with Crippen LogP contribution in [0.4, 0.5) is 0 Å². The van der Waals surface area contributed by atoms with Crippen LogP contribution in [0, 0.1) is 0 Å². The predicted molar refractivity (Wildman–Crippen MR) is 112 cm³/mol. The summed E-state index contributed by atoms with van der Waals surface area (Å²) in [6.07, 6.45) is 4.59. The number of unbranched alkanes of at least 4 members (excludes halogenated alkanes) is 1. The summed E-state index contributed by atoms with van der Waals surface area (Å²) in [6, 6.07) is 10.6. The van der Waals surface area contributed by atoms with Crippen LogP contribution in [-0.2, 0) is 5.41 Å². The van der Waals surface area contributed by atoms with Crippen LogP contribution < -0.4 is 10.6 Å². The maximum atomic E-state index is 4.29. The fourth-order valence-corrected chi connectivity index (χ4v) is 2.59. The maximum Gasteiger partial charge on any atom is 0.191 e. The molecule has 1 rings (SSSR count). The molecule has 3 nitrogen and oxygen atoms in total. The van der Waals surface area contributed by atoms with Crippen molar-refractivity contribution in [1.82, 2.24) is 10.6 Å². The van der Waals surface area contributed by atoms with E-state index in [9.17, 15) is 0 Å². The van der Waals surface area contributed by atoms with Gasteiger partial charge in [0.05, 0.1) is 0 Å². The molecular formula is C17H30IN3S. The van der Waals surface area contributed by atoms with Gasteiger partial charge in [0.1, 0.15) is 0 Å². The first kappa shape index (κ1) is 21.6. The van der Waals surface area contributed by atoms with Crippen LogP contribution in [0.5, 0.6) is 0 Å². The molecule has 22 heavy (non-hydrogen) atoms. The van der Waals surface area contributed by atoms with Crippen LogP contribution in [0.15, 0.2) is 35.3 Å². The molecule has 5 heteroatoms. The van der Waals surface area contributed by atoms with Crippen molar-refractivity contribution >= 4 is 41.7 Å². The second kappa shape index (κ2) is 12.0. The van der Waals surface area contributed by atoms with Gasteiger partial charge in [0.25, 0.3) is 0 Å². The van der Waals surface area contributed by atoms with E-state index in [0.29, 0.717) is 0 Å². The Hall–Kier alpha value is -0.430. The Balaban J connectivity index is 0.00000441. The molecule has 0 saturated heterocycles. The number of thioether (sulfide) groups is 1. The van der Waals surface area contributed by atoms with E-state index in [1.807, 2.05) is 18.8 Å². The molecule has 0 aromatic heterocycles. The van der Waals surface area contributed by atoms with Crippen molar-refractivity contribution in [1.29, 1.82) is 0 Å². The number of aliphatic imine (C=N–C) groups is 1. The predicted octanol–water partition coefficient (Wildman–Crippen LogP) is 3.89. The summed E-state index contributed by atoms with van der Waals surface area (Å²) < 4.78 is 0. The van der Waals surface area contributed by atoms with E-state index in [0.717, 1.165) is 19.0 Å². The highest BCUT2D eigenvalue weighted by molar-refractivity contribution is 14.0. The SMILES string of the molecule is CN=C(NCCCCSC)NCC(C)(C)c1ccccc1.I. The first-order valence-corrected chi connectivity index (χ1v) is 8.98.